The number of aliphatic hydroxyl groups excluding tert-OH is 1. The molecule has 1 atom stereocenters. The molecule has 1 aliphatic carbocycles. The average Bonchev–Trinajstić information content (AvgIpc) is 2.94. The number of rotatable bonds is 9. The minimum Gasteiger partial charge on any atom is -0.461 e. The van der Waals surface area contributed by atoms with Crippen molar-refractivity contribution in [1.82, 2.24) is 0 Å². The third kappa shape index (κ3) is 6.14. The maximum atomic E-state index is 12.2. The first-order valence-corrected chi connectivity index (χ1v) is 9.79. The number of allylic oxidation sites excluding steroid dienone is 1. The summed E-state index contributed by atoms with van der Waals surface area (Å²) in [6, 6.07) is 0. The van der Waals surface area contributed by atoms with Crippen molar-refractivity contribution in [1.29, 1.82) is 0 Å². The average molecular weight is 352 g/mol. The second-order valence-corrected chi connectivity index (χ2v) is 7.47. The van der Waals surface area contributed by atoms with Crippen LogP contribution in [-0.4, -0.2) is 35.9 Å². The maximum absolute atomic E-state index is 12.2. The van der Waals surface area contributed by atoms with E-state index in [0.29, 0.717) is 24.3 Å². The van der Waals surface area contributed by atoms with Crippen LogP contribution >= 0.6 is 0 Å². The molecule has 1 saturated carbocycles. The van der Waals surface area contributed by atoms with Crippen molar-refractivity contribution in [3.05, 3.63) is 11.6 Å². The molecule has 2 fully saturated rings. The van der Waals surface area contributed by atoms with Crippen LogP contribution in [0.4, 0.5) is 0 Å². The number of ether oxygens (including phenoxy) is 2. The molecule has 0 aromatic rings. The first-order chi connectivity index (χ1) is 12.1. The van der Waals surface area contributed by atoms with Gasteiger partial charge in [0.05, 0.1) is 6.61 Å². The molecule has 0 bridgehead atoms. The number of carbonyl (C=O) groups is 2. The Morgan fingerprint density at radius 3 is 2.72 bits per heavy atom. The van der Waals surface area contributed by atoms with Crippen molar-refractivity contribution >= 4 is 11.9 Å². The Balaban J connectivity index is 1.84. The van der Waals surface area contributed by atoms with Gasteiger partial charge in [0.2, 0.25) is 0 Å². The van der Waals surface area contributed by atoms with E-state index in [4.69, 9.17) is 9.47 Å². The molecule has 1 N–H and O–H groups in total. The maximum Gasteiger partial charge on any atom is 0.334 e. The van der Waals surface area contributed by atoms with Crippen LogP contribution in [0, 0.1) is 5.92 Å². The minimum absolute atomic E-state index is 0.0656. The Morgan fingerprint density at radius 1 is 1.28 bits per heavy atom. The predicted octanol–water partition coefficient (Wildman–Crippen LogP) is 3.68. The molecule has 1 unspecified atom stereocenters. The highest BCUT2D eigenvalue weighted by Crippen LogP contribution is 2.34. The summed E-state index contributed by atoms with van der Waals surface area (Å²) in [7, 11) is 0. The monoisotopic (exact) mass is 352 g/mol. The lowest BCUT2D eigenvalue weighted by molar-refractivity contribution is -0.166. The van der Waals surface area contributed by atoms with Gasteiger partial charge in [-0.1, -0.05) is 51.5 Å². The van der Waals surface area contributed by atoms with Gasteiger partial charge < -0.3 is 14.6 Å². The van der Waals surface area contributed by atoms with Crippen LogP contribution in [0.1, 0.15) is 77.6 Å². The van der Waals surface area contributed by atoms with E-state index < -0.39 is 5.60 Å². The summed E-state index contributed by atoms with van der Waals surface area (Å²) >= 11 is 0. The standard InChI is InChI=1S/C20H32O5/c1-2-3-4-8-11-18(22)24-15-20(14-21)13-17(19(23)25-20)12-16-9-6-5-7-10-16/h12,16,21H,2-11,13-15H2,1H3/b17-12-. The van der Waals surface area contributed by atoms with E-state index in [1.165, 1.54) is 19.3 Å². The number of esters is 2. The molecular weight excluding hydrogens is 320 g/mol. The van der Waals surface area contributed by atoms with Gasteiger partial charge in [-0.25, -0.2) is 4.79 Å². The Labute approximate surface area is 150 Å². The van der Waals surface area contributed by atoms with Crippen LogP contribution in [0.2, 0.25) is 0 Å². The zero-order valence-electron chi connectivity index (χ0n) is 15.4. The third-order valence-electron chi connectivity index (χ3n) is 5.19. The molecule has 142 valence electrons. The molecule has 2 aliphatic rings. The number of unbranched alkanes of at least 4 members (excludes halogenated alkanes) is 3. The lowest BCUT2D eigenvalue weighted by Gasteiger charge is -2.24. The van der Waals surface area contributed by atoms with Gasteiger partial charge in [-0.05, 0) is 25.2 Å². The third-order valence-corrected chi connectivity index (χ3v) is 5.19. The highest BCUT2D eigenvalue weighted by Gasteiger charge is 2.44. The van der Waals surface area contributed by atoms with Crippen molar-refractivity contribution in [3.63, 3.8) is 0 Å². The Kier molecular flexibility index (Phi) is 7.94. The van der Waals surface area contributed by atoms with E-state index >= 15 is 0 Å². The van der Waals surface area contributed by atoms with Crippen molar-refractivity contribution < 1.29 is 24.2 Å². The fourth-order valence-corrected chi connectivity index (χ4v) is 3.62. The first kappa shape index (κ1) is 20.0. The van der Waals surface area contributed by atoms with Gasteiger partial charge in [0.15, 0.2) is 5.60 Å². The van der Waals surface area contributed by atoms with Crippen molar-refractivity contribution in [2.45, 2.75) is 83.2 Å². The van der Waals surface area contributed by atoms with E-state index in [9.17, 15) is 14.7 Å². The van der Waals surface area contributed by atoms with Gasteiger partial charge in [0.1, 0.15) is 6.61 Å². The fraction of sp³-hybridized carbons (Fsp3) is 0.800. The number of carbonyl (C=O) groups excluding carboxylic acids is 2. The SMILES string of the molecule is CCCCCCC(=O)OCC1(CO)C/C(=C/C2CCCCC2)C(=O)O1. The molecule has 25 heavy (non-hydrogen) atoms. The molecule has 5 heteroatoms. The molecule has 0 aromatic heterocycles. The molecule has 1 heterocycles. The molecular formula is C20H32O5. The largest absolute Gasteiger partial charge is 0.461 e. The molecule has 0 amide bonds. The van der Waals surface area contributed by atoms with Gasteiger partial charge in [-0.3, -0.25) is 4.79 Å². The van der Waals surface area contributed by atoms with Gasteiger partial charge in [-0.15, -0.1) is 0 Å². The van der Waals surface area contributed by atoms with Crippen LogP contribution in [0.3, 0.4) is 0 Å². The molecule has 0 spiro atoms. The van der Waals surface area contributed by atoms with Crippen molar-refractivity contribution in [2.24, 2.45) is 5.92 Å². The van der Waals surface area contributed by atoms with Gasteiger partial charge in [0.25, 0.3) is 0 Å². The van der Waals surface area contributed by atoms with Crippen LogP contribution < -0.4 is 0 Å². The molecule has 1 saturated heterocycles. The Hall–Kier alpha value is -1.36. The summed E-state index contributed by atoms with van der Waals surface area (Å²) in [6.45, 7) is 1.73. The fourth-order valence-electron chi connectivity index (χ4n) is 3.62. The number of hydrogen-bond donors (Lipinski definition) is 1. The topological polar surface area (TPSA) is 72.8 Å². The van der Waals surface area contributed by atoms with Crippen molar-refractivity contribution in [3.8, 4) is 0 Å². The zero-order chi connectivity index (χ0) is 18.1. The van der Waals surface area contributed by atoms with Gasteiger partial charge in [-0.2, -0.15) is 0 Å². The zero-order valence-corrected chi connectivity index (χ0v) is 15.4. The van der Waals surface area contributed by atoms with E-state index in [0.717, 1.165) is 38.5 Å². The summed E-state index contributed by atoms with van der Waals surface area (Å²) < 4.78 is 10.7. The smallest absolute Gasteiger partial charge is 0.334 e. The molecule has 5 nitrogen and oxygen atoms in total. The Bertz CT molecular complexity index is 478. The summed E-state index contributed by atoms with van der Waals surface area (Å²) in [5.41, 5.74) is -0.476. The second kappa shape index (κ2) is 9.95. The second-order valence-electron chi connectivity index (χ2n) is 7.47. The minimum atomic E-state index is -1.10. The van der Waals surface area contributed by atoms with E-state index in [1.54, 1.807) is 0 Å². The van der Waals surface area contributed by atoms with Crippen LogP contribution in [0.25, 0.3) is 0 Å². The molecule has 1 aliphatic heterocycles. The number of hydrogen-bond acceptors (Lipinski definition) is 5. The van der Waals surface area contributed by atoms with E-state index in [1.807, 2.05) is 6.08 Å². The Morgan fingerprint density at radius 2 is 2.04 bits per heavy atom. The summed E-state index contributed by atoms with van der Waals surface area (Å²) in [4.78, 5) is 24.0. The van der Waals surface area contributed by atoms with Crippen molar-refractivity contribution in [2.75, 3.05) is 13.2 Å². The molecule has 2 rings (SSSR count). The van der Waals surface area contributed by atoms with Crippen LogP contribution in [0.5, 0.6) is 0 Å². The van der Waals surface area contributed by atoms with Gasteiger partial charge >= 0.3 is 11.9 Å². The lowest BCUT2D eigenvalue weighted by atomic mass is 9.86. The molecule has 0 radical (unpaired) electrons. The summed E-state index contributed by atoms with van der Waals surface area (Å²) in [6.07, 6.45) is 12.6. The van der Waals surface area contributed by atoms with Gasteiger partial charge in [0, 0.05) is 18.4 Å². The predicted molar refractivity (Wildman–Crippen MR) is 94.9 cm³/mol. The molecule has 0 aromatic carbocycles. The highest BCUT2D eigenvalue weighted by molar-refractivity contribution is 5.91. The summed E-state index contributed by atoms with van der Waals surface area (Å²) in [5, 5.41) is 9.72. The first-order valence-electron chi connectivity index (χ1n) is 9.79. The number of aliphatic hydroxyl groups is 1. The lowest BCUT2D eigenvalue weighted by Crippen LogP contribution is -2.39. The van der Waals surface area contributed by atoms with E-state index in [-0.39, 0.29) is 25.2 Å². The summed E-state index contributed by atoms with van der Waals surface area (Å²) in [5.74, 6) is -0.241. The normalized spacial score (nSPS) is 26.0. The quantitative estimate of drug-likeness (QED) is 0.389. The number of cyclic esters (lactones) is 1. The van der Waals surface area contributed by atoms with Crippen LogP contribution in [-0.2, 0) is 19.1 Å². The highest BCUT2D eigenvalue weighted by atomic mass is 16.6. The van der Waals surface area contributed by atoms with Crippen LogP contribution in [0.15, 0.2) is 11.6 Å². The van der Waals surface area contributed by atoms with E-state index in [2.05, 4.69) is 6.92 Å².